The third kappa shape index (κ3) is 4.22. The van der Waals surface area contributed by atoms with Gasteiger partial charge in [0.05, 0.1) is 5.69 Å². The number of nitrogens with zero attached hydrogens (tertiary/aromatic N) is 1. The van der Waals surface area contributed by atoms with Crippen molar-refractivity contribution < 1.29 is 4.79 Å². The van der Waals surface area contributed by atoms with Crippen LogP contribution in [0, 0.1) is 0 Å². The van der Waals surface area contributed by atoms with Crippen molar-refractivity contribution in [1.82, 2.24) is 0 Å². The Labute approximate surface area is 124 Å². The summed E-state index contributed by atoms with van der Waals surface area (Å²) in [6.45, 7) is 0. The van der Waals surface area contributed by atoms with Gasteiger partial charge in [-0.05, 0) is 36.0 Å². The number of rotatable bonds is 2. The van der Waals surface area contributed by atoms with E-state index in [4.69, 9.17) is 5.73 Å². The molecule has 0 aliphatic rings. The van der Waals surface area contributed by atoms with Crippen LogP contribution in [0.25, 0.3) is 0 Å². The van der Waals surface area contributed by atoms with Crippen LogP contribution in [0.15, 0.2) is 64.1 Å². The molecule has 2 aromatic carbocycles. The van der Waals surface area contributed by atoms with Gasteiger partial charge < -0.3 is 5.73 Å². The molecule has 0 heterocycles. The van der Waals surface area contributed by atoms with Gasteiger partial charge in [-0.2, -0.15) is 0 Å². The molecule has 0 fully saturated rings. The molecule has 2 N–H and O–H groups in total. The van der Waals surface area contributed by atoms with E-state index in [1.807, 2.05) is 42.5 Å². The van der Waals surface area contributed by atoms with Gasteiger partial charge in [-0.15, -0.1) is 0 Å². The fourth-order valence-electron chi connectivity index (χ4n) is 1.39. The van der Waals surface area contributed by atoms with Gasteiger partial charge in [-0.3, -0.25) is 4.79 Å². The zero-order chi connectivity index (χ0) is 13.7. The Bertz CT molecular complexity index is 597. The number of nitrogens with two attached hydrogens (primary N) is 1. The van der Waals surface area contributed by atoms with E-state index in [1.165, 1.54) is 0 Å². The summed E-state index contributed by atoms with van der Waals surface area (Å²) in [6, 6.07) is 16.4. The van der Waals surface area contributed by atoms with E-state index in [0.717, 1.165) is 16.2 Å². The third-order valence-electron chi connectivity index (χ3n) is 2.27. The minimum Gasteiger partial charge on any atom is -0.378 e. The molecular weight excluding hydrogens is 324 g/mol. The largest absolute Gasteiger partial charge is 0.378 e. The summed E-state index contributed by atoms with van der Waals surface area (Å²) in [7, 11) is 0. The van der Waals surface area contributed by atoms with Crippen LogP contribution in [-0.4, -0.2) is 10.3 Å². The Morgan fingerprint density at radius 3 is 2.32 bits per heavy atom. The first-order valence-electron chi connectivity index (χ1n) is 5.52. The standard InChI is InChI=1S/C14H11BrN2OS/c15-11-6-8-12(9-7-11)17-14(16)19-13(18)10-4-2-1-3-5-10/h1-9H,(H2,16,17). The average Bonchev–Trinajstić information content (AvgIpc) is 2.42. The van der Waals surface area contributed by atoms with Crippen LogP contribution in [0.2, 0.25) is 0 Å². The predicted octanol–water partition coefficient (Wildman–Crippen LogP) is 3.97. The number of hydrogen-bond acceptors (Lipinski definition) is 3. The lowest BCUT2D eigenvalue weighted by Gasteiger charge is -2.00. The molecule has 0 atom stereocenters. The van der Waals surface area contributed by atoms with E-state index in [0.29, 0.717) is 11.3 Å². The molecule has 0 bridgehead atoms. The van der Waals surface area contributed by atoms with E-state index < -0.39 is 0 Å². The molecule has 0 aromatic heterocycles. The van der Waals surface area contributed by atoms with E-state index in [2.05, 4.69) is 20.9 Å². The van der Waals surface area contributed by atoms with Crippen LogP contribution in [0.4, 0.5) is 5.69 Å². The van der Waals surface area contributed by atoms with Crippen LogP contribution in [-0.2, 0) is 0 Å². The number of carbonyl (C=O) groups is 1. The number of benzene rings is 2. The summed E-state index contributed by atoms with van der Waals surface area (Å²) < 4.78 is 0.970. The normalized spacial score (nSPS) is 11.3. The number of amidine groups is 1. The predicted molar refractivity (Wildman–Crippen MR) is 83.8 cm³/mol. The molecule has 0 spiro atoms. The highest BCUT2D eigenvalue weighted by molar-refractivity contribution is 9.10. The van der Waals surface area contributed by atoms with Crippen LogP contribution in [0.1, 0.15) is 10.4 Å². The van der Waals surface area contributed by atoms with Gasteiger partial charge in [0.1, 0.15) is 0 Å². The molecule has 0 amide bonds. The summed E-state index contributed by atoms with van der Waals surface area (Å²) in [5.41, 5.74) is 7.09. The van der Waals surface area contributed by atoms with Gasteiger partial charge in [-0.1, -0.05) is 46.3 Å². The van der Waals surface area contributed by atoms with Crippen LogP contribution >= 0.6 is 27.7 Å². The van der Waals surface area contributed by atoms with Gasteiger partial charge >= 0.3 is 0 Å². The smallest absolute Gasteiger partial charge is 0.226 e. The molecule has 5 heteroatoms. The molecule has 0 radical (unpaired) electrons. The van der Waals surface area contributed by atoms with E-state index in [9.17, 15) is 4.79 Å². The fourth-order valence-corrected chi connectivity index (χ4v) is 2.25. The SMILES string of the molecule is NC(=Nc1ccc(Br)cc1)SC(=O)c1ccccc1. The monoisotopic (exact) mass is 334 g/mol. The summed E-state index contributed by atoms with van der Waals surface area (Å²) in [5, 5.41) is 0.120. The lowest BCUT2D eigenvalue weighted by Crippen LogP contribution is -2.09. The van der Waals surface area contributed by atoms with Crippen molar-refractivity contribution in [3.8, 4) is 0 Å². The van der Waals surface area contributed by atoms with Crippen molar-refractivity contribution in [2.45, 2.75) is 0 Å². The average molecular weight is 335 g/mol. The zero-order valence-corrected chi connectivity index (χ0v) is 12.3. The van der Waals surface area contributed by atoms with Crippen molar-refractivity contribution >= 4 is 43.7 Å². The van der Waals surface area contributed by atoms with Gasteiger partial charge in [0.2, 0.25) is 5.12 Å². The number of halogens is 1. The van der Waals surface area contributed by atoms with E-state index in [-0.39, 0.29) is 10.3 Å². The molecule has 0 aliphatic carbocycles. The maximum Gasteiger partial charge on any atom is 0.226 e. The van der Waals surface area contributed by atoms with Crippen LogP contribution in [0.5, 0.6) is 0 Å². The lowest BCUT2D eigenvalue weighted by molar-refractivity contribution is 0.109. The molecule has 0 unspecified atom stereocenters. The first-order valence-corrected chi connectivity index (χ1v) is 7.13. The van der Waals surface area contributed by atoms with E-state index in [1.54, 1.807) is 12.1 Å². The summed E-state index contributed by atoms with van der Waals surface area (Å²) in [6.07, 6.45) is 0. The van der Waals surface area contributed by atoms with Crippen LogP contribution in [0.3, 0.4) is 0 Å². The van der Waals surface area contributed by atoms with Crippen molar-refractivity contribution in [3.63, 3.8) is 0 Å². The Balaban J connectivity index is 2.07. The van der Waals surface area contributed by atoms with Crippen molar-refractivity contribution in [1.29, 1.82) is 0 Å². The summed E-state index contributed by atoms with van der Waals surface area (Å²) in [4.78, 5) is 16.1. The number of thioether (sulfide) groups is 1. The summed E-state index contributed by atoms with van der Waals surface area (Å²) in [5.74, 6) is 0. The second kappa shape index (κ2) is 6.54. The molecule has 0 saturated heterocycles. The molecule has 0 saturated carbocycles. The Hall–Kier alpha value is -1.59. The lowest BCUT2D eigenvalue weighted by atomic mass is 10.2. The highest BCUT2D eigenvalue weighted by Gasteiger charge is 2.08. The topological polar surface area (TPSA) is 55.4 Å². The van der Waals surface area contributed by atoms with Gasteiger partial charge in [0.15, 0.2) is 5.17 Å². The van der Waals surface area contributed by atoms with Gasteiger partial charge in [-0.25, -0.2) is 4.99 Å². The molecule has 19 heavy (non-hydrogen) atoms. The minimum atomic E-state index is -0.112. The fraction of sp³-hybridized carbons (Fsp3) is 0. The first kappa shape index (κ1) is 13.8. The highest BCUT2D eigenvalue weighted by Crippen LogP contribution is 2.19. The maximum absolute atomic E-state index is 11.9. The molecule has 3 nitrogen and oxygen atoms in total. The third-order valence-corrected chi connectivity index (χ3v) is 3.52. The number of aliphatic imine (C=N–C) groups is 1. The first-order chi connectivity index (χ1) is 9.15. The number of hydrogen-bond donors (Lipinski definition) is 1. The molecule has 0 aliphatic heterocycles. The van der Waals surface area contributed by atoms with Crippen molar-refractivity contribution in [2.75, 3.05) is 0 Å². The quantitative estimate of drug-likeness (QED) is 0.667. The maximum atomic E-state index is 11.9. The second-order valence-electron chi connectivity index (χ2n) is 3.68. The molecule has 2 rings (SSSR count). The number of carbonyl (C=O) groups excluding carboxylic acids is 1. The Morgan fingerprint density at radius 2 is 1.68 bits per heavy atom. The van der Waals surface area contributed by atoms with Gasteiger partial charge in [0.25, 0.3) is 0 Å². The Morgan fingerprint density at radius 1 is 1.05 bits per heavy atom. The molecule has 96 valence electrons. The zero-order valence-electron chi connectivity index (χ0n) is 9.92. The van der Waals surface area contributed by atoms with Gasteiger partial charge in [0, 0.05) is 10.0 Å². The van der Waals surface area contributed by atoms with Crippen molar-refractivity contribution in [2.24, 2.45) is 10.7 Å². The second-order valence-corrected chi connectivity index (χ2v) is 5.59. The minimum absolute atomic E-state index is 0.112. The Kier molecular flexibility index (Phi) is 4.76. The van der Waals surface area contributed by atoms with Crippen LogP contribution < -0.4 is 5.73 Å². The van der Waals surface area contributed by atoms with E-state index >= 15 is 0 Å². The van der Waals surface area contributed by atoms with Crippen molar-refractivity contribution in [3.05, 3.63) is 64.6 Å². The molecular formula is C14H11BrN2OS. The summed E-state index contributed by atoms with van der Waals surface area (Å²) >= 11 is 4.27. The molecule has 2 aromatic rings. The highest BCUT2D eigenvalue weighted by atomic mass is 79.9.